The van der Waals surface area contributed by atoms with Gasteiger partial charge >= 0.3 is 0 Å². The van der Waals surface area contributed by atoms with Crippen molar-refractivity contribution in [1.29, 1.82) is 0 Å². The van der Waals surface area contributed by atoms with E-state index in [0.717, 1.165) is 31.2 Å². The molecule has 2 unspecified atom stereocenters. The first-order chi connectivity index (χ1) is 8.11. The summed E-state index contributed by atoms with van der Waals surface area (Å²) in [5, 5.41) is 7.15. The molecule has 5 nitrogen and oxygen atoms in total. The summed E-state index contributed by atoms with van der Waals surface area (Å²) >= 11 is 0. The van der Waals surface area contributed by atoms with Crippen molar-refractivity contribution in [1.82, 2.24) is 20.4 Å². The van der Waals surface area contributed by atoms with Gasteiger partial charge in [-0.1, -0.05) is 5.16 Å². The Bertz CT molecular complexity index is 363. The molecule has 5 heteroatoms. The van der Waals surface area contributed by atoms with E-state index in [9.17, 15) is 0 Å². The molecule has 0 spiro atoms. The summed E-state index contributed by atoms with van der Waals surface area (Å²) in [5.74, 6) is 1.96. The fraction of sp³-hybridized carbons (Fsp3) is 0.833. The molecule has 1 aliphatic rings. The Morgan fingerprint density at radius 1 is 1.41 bits per heavy atom. The van der Waals surface area contributed by atoms with E-state index in [1.165, 1.54) is 0 Å². The first-order valence-corrected chi connectivity index (χ1v) is 6.36. The third-order valence-electron chi connectivity index (χ3n) is 3.58. The lowest BCUT2D eigenvalue weighted by Crippen LogP contribution is -2.27. The molecule has 1 fully saturated rings. The number of nitrogens with zero attached hydrogens (tertiary/aromatic N) is 3. The van der Waals surface area contributed by atoms with Crippen LogP contribution in [0.15, 0.2) is 4.52 Å². The first-order valence-electron chi connectivity index (χ1n) is 6.36. The van der Waals surface area contributed by atoms with Crippen molar-refractivity contribution < 1.29 is 4.52 Å². The number of aromatic nitrogens is 2. The summed E-state index contributed by atoms with van der Waals surface area (Å²) in [5.41, 5.74) is 0. The number of hydrogen-bond acceptors (Lipinski definition) is 5. The van der Waals surface area contributed by atoms with Crippen LogP contribution in [0.4, 0.5) is 0 Å². The van der Waals surface area contributed by atoms with E-state index in [2.05, 4.69) is 34.2 Å². The van der Waals surface area contributed by atoms with Crippen LogP contribution in [0.5, 0.6) is 0 Å². The van der Waals surface area contributed by atoms with Gasteiger partial charge in [0.2, 0.25) is 5.89 Å². The Morgan fingerprint density at radius 2 is 2.18 bits per heavy atom. The van der Waals surface area contributed by atoms with Crippen molar-refractivity contribution >= 4 is 0 Å². The van der Waals surface area contributed by atoms with E-state index in [4.69, 9.17) is 4.52 Å². The van der Waals surface area contributed by atoms with E-state index in [-0.39, 0.29) is 6.04 Å². The Kier molecular flexibility index (Phi) is 3.79. The van der Waals surface area contributed by atoms with Crippen LogP contribution in [0, 0.1) is 0 Å². The fourth-order valence-corrected chi connectivity index (χ4v) is 2.18. The van der Waals surface area contributed by atoms with Gasteiger partial charge in [0.25, 0.3) is 0 Å². The Hall–Kier alpha value is -0.940. The largest absolute Gasteiger partial charge is 0.339 e. The maximum atomic E-state index is 5.37. The predicted octanol–water partition coefficient (Wildman–Crippen LogP) is 1.55. The van der Waals surface area contributed by atoms with Crippen molar-refractivity contribution in [3.63, 3.8) is 0 Å². The van der Waals surface area contributed by atoms with Gasteiger partial charge < -0.3 is 14.7 Å². The maximum absolute atomic E-state index is 5.37. The molecule has 1 aromatic rings. The molecule has 0 bridgehead atoms. The highest BCUT2D eigenvalue weighted by atomic mass is 16.5. The van der Waals surface area contributed by atoms with E-state index < -0.39 is 0 Å². The molecule has 96 valence electrons. The summed E-state index contributed by atoms with van der Waals surface area (Å²) in [6.45, 7) is 8.65. The van der Waals surface area contributed by atoms with E-state index in [0.29, 0.717) is 12.0 Å². The minimum atomic E-state index is 0.148. The van der Waals surface area contributed by atoms with Gasteiger partial charge in [0.05, 0.1) is 12.0 Å². The van der Waals surface area contributed by atoms with Crippen LogP contribution < -0.4 is 5.32 Å². The van der Waals surface area contributed by atoms with Crippen LogP contribution in [-0.2, 0) is 0 Å². The predicted molar refractivity (Wildman–Crippen MR) is 65.8 cm³/mol. The molecule has 1 saturated heterocycles. The van der Waals surface area contributed by atoms with Crippen molar-refractivity contribution in [2.24, 2.45) is 0 Å². The van der Waals surface area contributed by atoms with E-state index in [1.54, 1.807) is 0 Å². The summed E-state index contributed by atoms with van der Waals surface area (Å²) in [6, 6.07) is 0.744. The van der Waals surface area contributed by atoms with Gasteiger partial charge in [0.1, 0.15) is 0 Å². The lowest BCUT2D eigenvalue weighted by Gasteiger charge is -2.19. The third kappa shape index (κ3) is 2.66. The van der Waals surface area contributed by atoms with Gasteiger partial charge in [-0.2, -0.15) is 4.98 Å². The van der Waals surface area contributed by atoms with Gasteiger partial charge in [0, 0.05) is 12.6 Å². The first kappa shape index (κ1) is 12.5. The normalized spacial score (nSPS) is 23.5. The van der Waals surface area contributed by atoms with Gasteiger partial charge in [-0.15, -0.1) is 0 Å². The number of nitrogens with one attached hydrogen (secondary N) is 1. The smallest absolute Gasteiger partial charge is 0.231 e. The van der Waals surface area contributed by atoms with Crippen LogP contribution in [0.3, 0.4) is 0 Å². The molecule has 1 aromatic heterocycles. The lowest BCUT2D eigenvalue weighted by atomic mass is 10.1. The molecule has 2 atom stereocenters. The molecule has 17 heavy (non-hydrogen) atoms. The van der Waals surface area contributed by atoms with E-state index in [1.807, 2.05) is 14.0 Å². The highest BCUT2D eigenvalue weighted by Gasteiger charge is 2.29. The quantitative estimate of drug-likeness (QED) is 0.862. The second-order valence-electron chi connectivity index (χ2n) is 5.08. The van der Waals surface area contributed by atoms with Gasteiger partial charge in [0.15, 0.2) is 5.82 Å². The molecule has 2 heterocycles. The molecule has 0 amide bonds. The van der Waals surface area contributed by atoms with Crippen LogP contribution in [0.25, 0.3) is 0 Å². The molecule has 0 aromatic carbocycles. The van der Waals surface area contributed by atoms with Crippen LogP contribution >= 0.6 is 0 Å². The summed E-state index contributed by atoms with van der Waals surface area (Å²) in [4.78, 5) is 6.94. The van der Waals surface area contributed by atoms with Gasteiger partial charge in [-0.05, 0) is 40.8 Å². The zero-order valence-electron chi connectivity index (χ0n) is 11.1. The number of likely N-dealkylation sites (tertiary alicyclic amines) is 1. The molecule has 1 aliphatic heterocycles. The SMILES string of the molecule is CNC(C)c1noc(C2CCN(C(C)C)C2)n1. The summed E-state index contributed by atoms with van der Waals surface area (Å²) in [7, 11) is 1.90. The minimum absolute atomic E-state index is 0.148. The Morgan fingerprint density at radius 3 is 2.76 bits per heavy atom. The Labute approximate surface area is 103 Å². The van der Waals surface area contributed by atoms with Crippen molar-refractivity contribution in [3.8, 4) is 0 Å². The third-order valence-corrected chi connectivity index (χ3v) is 3.58. The van der Waals surface area contributed by atoms with Crippen molar-refractivity contribution in [2.45, 2.75) is 45.2 Å². The average Bonchev–Trinajstić information content (AvgIpc) is 2.95. The molecule has 0 aliphatic carbocycles. The zero-order valence-corrected chi connectivity index (χ0v) is 11.1. The monoisotopic (exact) mass is 238 g/mol. The summed E-state index contributed by atoms with van der Waals surface area (Å²) < 4.78 is 5.37. The van der Waals surface area contributed by atoms with E-state index >= 15 is 0 Å². The molecule has 1 N–H and O–H groups in total. The molecular formula is C12H22N4O. The standard InChI is InChI=1S/C12H22N4O/c1-8(2)16-6-5-10(7-16)12-14-11(15-17-12)9(3)13-4/h8-10,13H,5-7H2,1-4H3. The lowest BCUT2D eigenvalue weighted by molar-refractivity contribution is 0.265. The number of rotatable bonds is 4. The summed E-state index contributed by atoms with van der Waals surface area (Å²) in [6.07, 6.45) is 1.12. The van der Waals surface area contributed by atoms with Crippen LogP contribution in [-0.4, -0.2) is 41.2 Å². The van der Waals surface area contributed by atoms with Gasteiger partial charge in [-0.25, -0.2) is 0 Å². The molecule has 2 rings (SSSR count). The maximum Gasteiger partial charge on any atom is 0.231 e. The second kappa shape index (κ2) is 5.14. The molecule has 0 saturated carbocycles. The van der Waals surface area contributed by atoms with Crippen LogP contribution in [0.2, 0.25) is 0 Å². The van der Waals surface area contributed by atoms with Crippen molar-refractivity contribution in [3.05, 3.63) is 11.7 Å². The highest BCUT2D eigenvalue weighted by molar-refractivity contribution is 5.01. The van der Waals surface area contributed by atoms with Gasteiger partial charge in [-0.3, -0.25) is 0 Å². The van der Waals surface area contributed by atoms with Crippen LogP contribution in [0.1, 0.15) is 50.9 Å². The van der Waals surface area contributed by atoms with Crippen molar-refractivity contribution in [2.75, 3.05) is 20.1 Å². The zero-order chi connectivity index (χ0) is 12.4. The Balaban J connectivity index is 2.02. The number of hydrogen-bond donors (Lipinski definition) is 1. The minimum Gasteiger partial charge on any atom is -0.339 e. The molecular weight excluding hydrogens is 216 g/mol. The second-order valence-corrected chi connectivity index (χ2v) is 5.08. The molecule has 0 radical (unpaired) electrons. The average molecular weight is 238 g/mol. The fourth-order valence-electron chi connectivity index (χ4n) is 2.18. The topological polar surface area (TPSA) is 54.2 Å². The highest BCUT2D eigenvalue weighted by Crippen LogP contribution is 2.27.